The predicted molar refractivity (Wildman–Crippen MR) is 404 cm³/mol. The number of primary amides is 1. The minimum absolute atomic E-state index is 0.0167. The Morgan fingerprint density at radius 1 is 0.485 bits per heavy atom. The molecule has 101 heavy (non-hydrogen) atoms. The van der Waals surface area contributed by atoms with Crippen molar-refractivity contribution in [2.24, 2.45) is 5.73 Å². The van der Waals surface area contributed by atoms with Crippen LogP contribution in [0, 0.1) is 11.6 Å². The molecule has 0 saturated carbocycles. The molecule has 0 bridgehead atoms. The number of ether oxygens (including phenoxy) is 2. The number of halogens is 8. The van der Waals surface area contributed by atoms with Gasteiger partial charge in [0.15, 0.2) is 11.6 Å². The van der Waals surface area contributed by atoms with Crippen LogP contribution in [0.15, 0.2) is 160 Å². The average molecular weight is 1630 g/mol. The number of thiazole rings is 5. The van der Waals surface area contributed by atoms with E-state index in [4.69, 9.17) is 78.3 Å². The van der Waals surface area contributed by atoms with Crippen LogP contribution in [0.5, 0.6) is 5.75 Å². The average Bonchev–Trinajstić information content (AvgIpc) is 1.81. The summed E-state index contributed by atoms with van der Waals surface area (Å²) >= 11 is 39.5. The van der Waals surface area contributed by atoms with Gasteiger partial charge in [-0.2, -0.15) is 0 Å². The van der Waals surface area contributed by atoms with Gasteiger partial charge in [0.1, 0.15) is 41.2 Å². The van der Waals surface area contributed by atoms with E-state index in [-0.39, 0.29) is 35.6 Å². The zero-order valence-corrected chi connectivity index (χ0v) is 64.0. The number of benzene rings is 6. The summed E-state index contributed by atoms with van der Waals surface area (Å²) in [4.78, 5) is 95.4. The first-order valence-electron chi connectivity index (χ1n) is 29.7. The molecule has 0 fully saturated rings. The molecule has 3 N–H and O–H groups in total. The van der Waals surface area contributed by atoms with Crippen LogP contribution in [0.25, 0.3) is 56.3 Å². The Bertz CT molecular complexity index is 4600. The lowest BCUT2D eigenvalue weighted by molar-refractivity contribution is -0.142. The van der Waals surface area contributed by atoms with Gasteiger partial charge in [-0.15, -0.1) is 56.7 Å². The minimum atomic E-state index is -1.31. The molecule has 0 aliphatic rings. The molecular formula is C70H61BrCl5F2N9O9S5. The number of carboxylic acids is 1. The molecular weight excluding hydrogens is 1570 g/mol. The Morgan fingerprint density at radius 2 is 0.832 bits per heavy atom. The van der Waals surface area contributed by atoms with Crippen LogP contribution in [0.1, 0.15) is 53.3 Å². The van der Waals surface area contributed by atoms with Crippen LogP contribution >= 0.6 is 131 Å². The van der Waals surface area contributed by atoms with Crippen LogP contribution in [-0.4, -0.2) is 129 Å². The van der Waals surface area contributed by atoms with Crippen molar-refractivity contribution in [2.75, 3.05) is 48.9 Å². The molecule has 4 amide bonds. The third-order valence-corrected chi connectivity index (χ3v) is 20.1. The number of likely N-dealkylation sites (N-methyl/N-ethyl adjacent to an activating group) is 3. The van der Waals surface area contributed by atoms with E-state index in [1.807, 2.05) is 106 Å². The number of alkyl halides is 1. The van der Waals surface area contributed by atoms with E-state index >= 15 is 0 Å². The van der Waals surface area contributed by atoms with Gasteiger partial charge < -0.3 is 35.0 Å². The Balaban J connectivity index is 0.000000181. The van der Waals surface area contributed by atoms with Crippen molar-refractivity contribution in [1.82, 2.24) is 39.6 Å². The minimum Gasteiger partial charge on any atom is -0.481 e. The zero-order valence-electron chi connectivity index (χ0n) is 54.5. The maximum absolute atomic E-state index is 14.6. The fraction of sp³-hybridized carbons (Fsp3) is 0.186. The molecule has 2 atom stereocenters. The smallest absolute Gasteiger partial charge is 0.312 e. The third-order valence-electron chi connectivity index (χ3n) is 13.4. The summed E-state index contributed by atoms with van der Waals surface area (Å²) in [5.41, 5.74) is 12.8. The van der Waals surface area contributed by atoms with E-state index in [0.29, 0.717) is 48.8 Å². The number of carbonyl (C=O) groups is 6. The normalized spacial score (nSPS) is 11.1. The molecule has 31 heteroatoms. The summed E-state index contributed by atoms with van der Waals surface area (Å²) in [5.74, 6) is -5.76. The molecule has 0 saturated heterocycles. The molecule has 11 aromatic rings. The van der Waals surface area contributed by atoms with Gasteiger partial charge in [-0.05, 0) is 79.7 Å². The van der Waals surface area contributed by atoms with Crippen LogP contribution < -0.4 is 10.5 Å². The maximum atomic E-state index is 14.6. The van der Waals surface area contributed by atoms with Crippen molar-refractivity contribution in [3.05, 3.63) is 228 Å². The molecule has 5 aromatic heterocycles. The van der Waals surface area contributed by atoms with E-state index in [1.54, 1.807) is 86.7 Å². The maximum Gasteiger partial charge on any atom is 0.312 e. The summed E-state index contributed by atoms with van der Waals surface area (Å²) in [6, 6.07) is 38.5. The highest BCUT2D eigenvalue weighted by atomic mass is 79.9. The van der Waals surface area contributed by atoms with E-state index < -0.39 is 51.7 Å². The van der Waals surface area contributed by atoms with Gasteiger partial charge in [0.05, 0.1) is 54.3 Å². The number of esters is 1. The van der Waals surface area contributed by atoms with Gasteiger partial charge in [-0.3, -0.25) is 28.8 Å². The Morgan fingerprint density at radius 3 is 1.19 bits per heavy atom. The highest BCUT2D eigenvalue weighted by molar-refractivity contribution is 9.09. The first-order valence-corrected chi connectivity index (χ1v) is 36.9. The predicted octanol–water partition coefficient (Wildman–Crippen LogP) is 17.8. The first kappa shape index (κ1) is 80.2. The molecule has 0 spiro atoms. The molecule has 5 heterocycles. The van der Waals surface area contributed by atoms with Gasteiger partial charge in [0, 0.05) is 122 Å². The second-order valence-corrected chi connectivity index (χ2v) is 29.2. The molecule has 2 unspecified atom stereocenters. The highest BCUT2D eigenvalue weighted by Crippen LogP contribution is 2.35. The summed E-state index contributed by atoms with van der Waals surface area (Å²) in [5, 5.41) is 24.6. The van der Waals surface area contributed by atoms with Crippen LogP contribution in [0.3, 0.4) is 0 Å². The second-order valence-electron chi connectivity index (χ2n) is 21.5. The van der Waals surface area contributed by atoms with Gasteiger partial charge in [0.2, 0.25) is 17.9 Å². The van der Waals surface area contributed by atoms with Crippen molar-refractivity contribution >= 4 is 166 Å². The van der Waals surface area contributed by atoms with Gasteiger partial charge in [-0.25, -0.2) is 33.7 Å². The van der Waals surface area contributed by atoms with Crippen molar-refractivity contribution < 1.29 is 52.1 Å². The van der Waals surface area contributed by atoms with Gasteiger partial charge in [-0.1, -0.05) is 135 Å². The Kier molecular flexibility index (Phi) is 30.8. The highest BCUT2D eigenvalue weighted by Gasteiger charge is 2.31. The first-order chi connectivity index (χ1) is 48.1. The van der Waals surface area contributed by atoms with E-state index in [2.05, 4.69) is 40.8 Å². The van der Waals surface area contributed by atoms with Gasteiger partial charge >= 0.3 is 11.9 Å². The SMILES string of the molecule is CCOC(=O)Cc1nc(-c2ccc(Cl)cc2)cs1.CN(C)C(=O)C(Br)c1nc(-c2ccc(Cl)cc2)cs1.CN(C)C(=O)C(Oc1ccc(F)c(C(N)=O)c1F)c1nc(-c2ccc(Cl)cc2)cs1.CN(C)C(=O)Cc1nc(-c2ccc(Cl)cc2)cs1.O=C(O)Cc1nc(-c2ccc(Cl)cc2)cs1. The molecule has 18 nitrogen and oxygen atoms in total. The number of nitrogens with zero attached hydrogens (tertiary/aromatic N) is 8. The monoisotopic (exact) mass is 1620 g/mol. The van der Waals surface area contributed by atoms with E-state index in [0.717, 1.165) is 89.1 Å². The summed E-state index contributed by atoms with van der Waals surface area (Å²) in [6.45, 7) is 2.19. The van der Waals surface area contributed by atoms with E-state index in [9.17, 15) is 37.5 Å². The van der Waals surface area contributed by atoms with Crippen molar-refractivity contribution in [1.29, 1.82) is 0 Å². The number of carbonyl (C=O) groups excluding carboxylic acids is 5. The lowest BCUT2D eigenvalue weighted by atomic mass is 10.1. The zero-order chi connectivity index (χ0) is 73.6. The number of amides is 4. The fourth-order valence-corrected chi connectivity index (χ4v) is 13.7. The molecule has 0 radical (unpaired) electrons. The van der Waals surface area contributed by atoms with Crippen molar-refractivity contribution in [3.8, 4) is 62.0 Å². The largest absolute Gasteiger partial charge is 0.481 e. The Hall–Kier alpha value is -8.12. The number of carboxylic acid groups (broad SMARTS) is 1. The summed E-state index contributed by atoms with van der Waals surface area (Å²) < 4.78 is 38.8. The lowest BCUT2D eigenvalue weighted by Gasteiger charge is -2.21. The molecule has 6 aromatic carbocycles. The topological polar surface area (TPSA) is 241 Å². The van der Waals surface area contributed by atoms with Crippen LogP contribution in [-0.2, 0) is 48.0 Å². The van der Waals surface area contributed by atoms with Crippen LogP contribution in [0.4, 0.5) is 8.78 Å². The molecule has 0 aliphatic carbocycles. The second kappa shape index (κ2) is 38.8. The van der Waals surface area contributed by atoms with Gasteiger partial charge in [0.25, 0.3) is 11.8 Å². The number of hydrogen-bond acceptors (Lipinski definition) is 18. The number of aromatic nitrogens is 5. The quantitative estimate of drug-likeness (QED) is 0.0565. The van der Waals surface area contributed by atoms with Crippen molar-refractivity contribution in [2.45, 2.75) is 37.1 Å². The van der Waals surface area contributed by atoms with Crippen molar-refractivity contribution in [3.63, 3.8) is 0 Å². The summed E-state index contributed by atoms with van der Waals surface area (Å²) in [7, 11) is 9.95. The number of aliphatic carboxylic acids is 1. The molecule has 0 aliphatic heterocycles. The molecule has 526 valence electrons. The van der Waals surface area contributed by atoms with Crippen LogP contribution in [0.2, 0.25) is 25.1 Å². The fourth-order valence-electron chi connectivity index (χ4n) is 8.26. The Labute approximate surface area is 634 Å². The number of hydrogen-bond donors (Lipinski definition) is 2. The third kappa shape index (κ3) is 24.3. The number of nitrogens with two attached hydrogens (primary N) is 1. The number of rotatable bonds is 19. The van der Waals surface area contributed by atoms with E-state index in [1.165, 1.54) is 64.3 Å². The lowest BCUT2D eigenvalue weighted by Crippen LogP contribution is -2.31. The molecule has 11 rings (SSSR count). The standard InChI is InChI=1S/C20H16ClF2N3O3S.C13H12BrClN2OS.C13H13ClN2OS.C13H12ClNO2S.C11H8ClNO2S/c1-26(2)20(28)17(29-14-8-7-12(22)15(16(14)23)18(24)27)19-25-13(9-30-19)10-3-5-11(21)6-4-10;1-17(2)13(18)11(14)12-16-10(7-19-12)8-3-5-9(15)6-4-8;1-16(2)13(17)7-12-15-11(8-18-12)9-3-5-10(14)6-4-9;1-2-17-13(16)7-12-15-11(8-18-12)9-3-5-10(14)6-4-9;12-8-3-1-7(2-4-8)9-6-16-10(13-9)5-11(14)15/h3-9,17H,1-2H3,(H2,24,27);3-7,11H,1-2H3;3-6,8H,7H2,1-2H3;3-6,8H,2,7H2,1H3;1-4,6H,5H2,(H,14,15). The summed E-state index contributed by atoms with van der Waals surface area (Å²) in [6.07, 6.45) is -0.762.